The summed E-state index contributed by atoms with van der Waals surface area (Å²) in [6.45, 7) is 3.44. The first-order valence-corrected chi connectivity index (χ1v) is 8.58. The monoisotopic (exact) mass is 321 g/mol. The highest BCUT2D eigenvalue weighted by molar-refractivity contribution is 5.79. The summed E-state index contributed by atoms with van der Waals surface area (Å²) >= 11 is 0. The number of carbonyl (C=O) groups is 1. The molecule has 0 saturated heterocycles. The van der Waals surface area contributed by atoms with Crippen LogP contribution in [0.3, 0.4) is 0 Å². The van der Waals surface area contributed by atoms with Crippen LogP contribution in [0.25, 0.3) is 0 Å². The van der Waals surface area contributed by atoms with Crippen LogP contribution in [0.1, 0.15) is 51.0 Å². The number of hydrogen-bond acceptors (Lipinski definition) is 3. The van der Waals surface area contributed by atoms with Gasteiger partial charge in [-0.2, -0.15) is 0 Å². The summed E-state index contributed by atoms with van der Waals surface area (Å²) in [5.74, 6) is -1.29. The highest BCUT2D eigenvalue weighted by atomic mass is 16.4. The molecular weight excluding hydrogens is 290 g/mol. The molecule has 1 aliphatic carbocycles. The van der Waals surface area contributed by atoms with Gasteiger partial charge >= 0.3 is 5.97 Å². The highest BCUT2D eigenvalue weighted by Crippen LogP contribution is 2.40. The zero-order chi connectivity index (χ0) is 17.3. The highest BCUT2D eigenvalue weighted by Gasteiger charge is 2.46. The molecule has 1 atom stereocenters. The molecule has 23 heavy (non-hydrogen) atoms. The van der Waals surface area contributed by atoms with E-state index in [1.165, 1.54) is 19.4 Å². The van der Waals surface area contributed by atoms with Crippen LogP contribution < -0.4 is 0 Å². The topological polar surface area (TPSA) is 60.8 Å². The quantitative estimate of drug-likeness (QED) is 0.842. The van der Waals surface area contributed by atoms with Gasteiger partial charge in [-0.25, -0.2) is 4.79 Å². The lowest BCUT2D eigenvalue weighted by Crippen LogP contribution is -2.42. The number of aliphatic hydroxyl groups is 1. The molecule has 1 saturated carbocycles. The van der Waals surface area contributed by atoms with Crippen LogP contribution in [0.4, 0.5) is 0 Å². The van der Waals surface area contributed by atoms with E-state index in [-0.39, 0.29) is 5.92 Å². The lowest BCUT2D eigenvalue weighted by molar-refractivity contribution is -0.166. The van der Waals surface area contributed by atoms with E-state index in [0.717, 1.165) is 25.7 Å². The van der Waals surface area contributed by atoms with Gasteiger partial charge in [0.05, 0.1) is 0 Å². The Morgan fingerprint density at radius 1 is 1.22 bits per heavy atom. The Labute approximate surface area is 140 Å². The Balaban J connectivity index is 0.000000322. The minimum atomic E-state index is -1.71. The SMILES string of the molecule is CCCCN(C)C.O=C(O)[C@](O)(c1ccccc1)C1CCCC1. The largest absolute Gasteiger partial charge is 0.479 e. The summed E-state index contributed by atoms with van der Waals surface area (Å²) in [6.07, 6.45) is 6.22. The third-order valence-corrected chi connectivity index (χ3v) is 4.44. The molecule has 1 aliphatic rings. The van der Waals surface area contributed by atoms with Crippen LogP contribution in [0.15, 0.2) is 30.3 Å². The molecule has 0 amide bonds. The van der Waals surface area contributed by atoms with Crippen LogP contribution in [0, 0.1) is 5.92 Å². The average Bonchev–Trinajstić information content (AvgIpc) is 3.08. The lowest BCUT2D eigenvalue weighted by atomic mass is 9.80. The van der Waals surface area contributed by atoms with Gasteiger partial charge in [0.15, 0.2) is 5.60 Å². The van der Waals surface area contributed by atoms with E-state index >= 15 is 0 Å². The first kappa shape index (κ1) is 19.7. The summed E-state index contributed by atoms with van der Waals surface area (Å²) in [5, 5.41) is 19.8. The maximum atomic E-state index is 11.4. The minimum absolute atomic E-state index is 0.160. The second-order valence-corrected chi connectivity index (χ2v) is 6.58. The van der Waals surface area contributed by atoms with Crippen molar-refractivity contribution in [2.24, 2.45) is 5.92 Å². The second-order valence-electron chi connectivity index (χ2n) is 6.58. The fourth-order valence-corrected chi connectivity index (χ4v) is 3.04. The Kier molecular flexibility index (Phi) is 8.28. The first-order valence-electron chi connectivity index (χ1n) is 8.58. The molecule has 4 heteroatoms. The van der Waals surface area contributed by atoms with Crippen LogP contribution in [0.5, 0.6) is 0 Å². The van der Waals surface area contributed by atoms with Gasteiger partial charge in [-0.15, -0.1) is 0 Å². The molecule has 0 radical (unpaired) electrons. The first-order chi connectivity index (χ1) is 10.9. The van der Waals surface area contributed by atoms with Crippen molar-refractivity contribution in [1.29, 1.82) is 0 Å². The van der Waals surface area contributed by atoms with E-state index in [0.29, 0.717) is 5.56 Å². The number of unbranched alkanes of at least 4 members (excludes halogenated alkanes) is 1. The molecule has 0 aliphatic heterocycles. The molecule has 0 spiro atoms. The van der Waals surface area contributed by atoms with Crippen molar-refractivity contribution in [2.75, 3.05) is 20.6 Å². The number of carboxylic acid groups (broad SMARTS) is 1. The van der Waals surface area contributed by atoms with Gasteiger partial charge in [0.1, 0.15) is 0 Å². The summed E-state index contributed by atoms with van der Waals surface area (Å²) in [5.41, 5.74) is -1.22. The molecule has 4 nitrogen and oxygen atoms in total. The summed E-state index contributed by atoms with van der Waals surface area (Å²) in [4.78, 5) is 13.6. The fraction of sp³-hybridized carbons (Fsp3) is 0.632. The fourth-order valence-electron chi connectivity index (χ4n) is 3.04. The number of carboxylic acids is 1. The molecular formula is C19H31NO3. The number of benzene rings is 1. The predicted molar refractivity (Wildman–Crippen MR) is 93.4 cm³/mol. The van der Waals surface area contributed by atoms with E-state index in [2.05, 4.69) is 25.9 Å². The van der Waals surface area contributed by atoms with Gasteiger partial charge in [-0.05, 0) is 45.5 Å². The van der Waals surface area contributed by atoms with Crippen molar-refractivity contribution in [1.82, 2.24) is 4.90 Å². The minimum Gasteiger partial charge on any atom is -0.479 e. The molecule has 1 aromatic carbocycles. The molecule has 0 aromatic heterocycles. The summed E-state index contributed by atoms with van der Waals surface area (Å²) < 4.78 is 0. The van der Waals surface area contributed by atoms with Crippen LogP contribution in [-0.4, -0.2) is 41.7 Å². The van der Waals surface area contributed by atoms with Gasteiger partial charge in [0.25, 0.3) is 0 Å². The standard InChI is InChI=1S/C13H16O3.C6H15N/c14-12(15)13(16,11-8-4-5-9-11)10-6-2-1-3-7-10;1-4-5-6-7(2)3/h1-3,6-7,11,16H,4-5,8-9H2,(H,14,15);4-6H2,1-3H3/t13-;/m0./s1. The molecule has 1 fully saturated rings. The van der Waals surface area contributed by atoms with E-state index in [9.17, 15) is 15.0 Å². The van der Waals surface area contributed by atoms with Crippen molar-refractivity contribution < 1.29 is 15.0 Å². The third kappa shape index (κ3) is 5.63. The molecule has 0 heterocycles. The Hall–Kier alpha value is -1.39. The maximum absolute atomic E-state index is 11.4. The lowest BCUT2D eigenvalue weighted by Gasteiger charge is -2.30. The number of aliphatic carboxylic acids is 1. The zero-order valence-corrected chi connectivity index (χ0v) is 14.7. The van der Waals surface area contributed by atoms with Gasteiger partial charge in [-0.3, -0.25) is 0 Å². The smallest absolute Gasteiger partial charge is 0.340 e. The van der Waals surface area contributed by atoms with Crippen molar-refractivity contribution >= 4 is 5.97 Å². The molecule has 1 aromatic rings. The Bertz CT molecular complexity index is 455. The number of hydrogen-bond donors (Lipinski definition) is 2. The van der Waals surface area contributed by atoms with Crippen molar-refractivity contribution in [3.05, 3.63) is 35.9 Å². The molecule has 0 bridgehead atoms. The van der Waals surface area contributed by atoms with Gasteiger partial charge < -0.3 is 15.1 Å². The van der Waals surface area contributed by atoms with E-state index in [1.54, 1.807) is 24.3 Å². The average molecular weight is 321 g/mol. The second kappa shape index (κ2) is 9.68. The Morgan fingerprint density at radius 2 is 1.78 bits per heavy atom. The van der Waals surface area contributed by atoms with Crippen LogP contribution in [0.2, 0.25) is 0 Å². The molecule has 2 rings (SSSR count). The molecule has 0 unspecified atom stereocenters. The van der Waals surface area contributed by atoms with Crippen LogP contribution >= 0.6 is 0 Å². The molecule has 2 N–H and O–H groups in total. The van der Waals surface area contributed by atoms with E-state index < -0.39 is 11.6 Å². The van der Waals surface area contributed by atoms with Crippen molar-refractivity contribution in [3.8, 4) is 0 Å². The third-order valence-electron chi connectivity index (χ3n) is 4.44. The number of rotatable bonds is 6. The Morgan fingerprint density at radius 3 is 2.17 bits per heavy atom. The number of nitrogens with zero attached hydrogens (tertiary/aromatic N) is 1. The van der Waals surface area contributed by atoms with Gasteiger partial charge in [0, 0.05) is 5.92 Å². The van der Waals surface area contributed by atoms with E-state index in [4.69, 9.17) is 0 Å². The molecule has 130 valence electrons. The maximum Gasteiger partial charge on any atom is 0.340 e. The van der Waals surface area contributed by atoms with E-state index in [1.807, 2.05) is 6.07 Å². The van der Waals surface area contributed by atoms with Gasteiger partial charge in [0.2, 0.25) is 0 Å². The van der Waals surface area contributed by atoms with Gasteiger partial charge in [-0.1, -0.05) is 56.5 Å². The van der Waals surface area contributed by atoms with Crippen LogP contribution in [-0.2, 0) is 10.4 Å². The predicted octanol–water partition coefficient (Wildman–Crippen LogP) is 3.50. The summed E-state index contributed by atoms with van der Waals surface area (Å²) in [6, 6.07) is 8.72. The van der Waals surface area contributed by atoms with Crippen molar-refractivity contribution in [3.63, 3.8) is 0 Å². The normalized spacial score (nSPS) is 17.4. The summed E-state index contributed by atoms with van der Waals surface area (Å²) in [7, 11) is 4.21. The van der Waals surface area contributed by atoms with Crippen molar-refractivity contribution in [2.45, 2.75) is 51.0 Å². The zero-order valence-electron chi connectivity index (χ0n) is 14.7.